The van der Waals surface area contributed by atoms with Crippen molar-refractivity contribution < 1.29 is 9.53 Å². The molecule has 0 bridgehead atoms. The third-order valence-electron chi connectivity index (χ3n) is 5.49. The number of thiazole rings is 1. The largest absolute Gasteiger partial charge is 0.490 e. The van der Waals surface area contributed by atoms with Crippen LogP contribution in [-0.4, -0.2) is 35.0 Å². The van der Waals surface area contributed by atoms with E-state index in [0.717, 1.165) is 47.3 Å². The van der Waals surface area contributed by atoms with E-state index in [-0.39, 0.29) is 12.0 Å². The molecule has 1 saturated heterocycles. The van der Waals surface area contributed by atoms with Crippen LogP contribution in [0.25, 0.3) is 0 Å². The number of aromatic nitrogens is 1. The summed E-state index contributed by atoms with van der Waals surface area (Å²) in [5.74, 6) is 2.23. The molecular formula is C20H24N2O2S. The molecule has 3 atom stereocenters. The highest BCUT2D eigenvalue weighted by molar-refractivity contribution is 7.11. The first kappa shape index (κ1) is 16.6. The Morgan fingerprint density at radius 2 is 2.04 bits per heavy atom. The fourth-order valence-corrected chi connectivity index (χ4v) is 5.15. The second-order valence-electron chi connectivity index (χ2n) is 7.19. The van der Waals surface area contributed by atoms with E-state index in [2.05, 4.69) is 4.98 Å². The van der Waals surface area contributed by atoms with E-state index in [1.54, 1.807) is 11.3 Å². The Morgan fingerprint density at radius 1 is 1.24 bits per heavy atom. The van der Waals surface area contributed by atoms with Gasteiger partial charge in [0.25, 0.3) is 0 Å². The lowest BCUT2D eigenvalue weighted by molar-refractivity contribution is -0.129. The highest BCUT2D eigenvalue weighted by atomic mass is 32.1. The van der Waals surface area contributed by atoms with Crippen LogP contribution in [0.5, 0.6) is 5.75 Å². The van der Waals surface area contributed by atoms with Crippen LogP contribution in [0.4, 0.5) is 0 Å². The van der Waals surface area contributed by atoms with Crippen LogP contribution >= 0.6 is 11.3 Å². The maximum Gasteiger partial charge on any atom is 0.227 e. The number of carbonyl (C=O) groups excluding carboxylic acids is 1. The van der Waals surface area contributed by atoms with Crippen molar-refractivity contribution in [2.45, 2.75) is 39.2 Å². The molecule has 5 heteroatoms. The SMILES string of the molecule is Cc1nc(C)c(CC(=O)N2C[C@@H]3CC[C@H](Oc4ccccc4)[C@@H]3C2)s1. The van der Waals surface area contributed by atoms with Crippen molar-refractivity contribution in [3.8, 4) is 5.75 Å². The molecule has 4 rings (SSSR count). The zero-order valence-electron chi connectivity index (χ0n) is 14.8. The zero-order valence-corrected chi connectivity index (χ0v) is 15.6. The molecule has 1 aliphatic carbocycles. The van der Waals surface area contributed by atoms with E-state index >= 15 is 0 Å². The number of hydrogen-bond acceptors (Lipinski definition) is 4. The first-order valence-electron chi connectivity index (χ1n) is 9.02. The Kier molecular flexibility index (Phi) is 4.50. The number of benzene rings is 1. The summed E-state index contributed by atoms with van der Waals surface area (Å²) in [6.45, 7) is 5.71. The van der Waals surface area contributed by atoms with Gasteiger partial charge in [-0.25, -0.2) is 4.98 Å². The van der Waals surface area contributed by atoms with Crippen molar-refractivity contribution in [2.75, 3.05) is 13.1 Å². The second kappa shape index (κ2) is 6.79. The van der Waals surface area contributed by atoms with Gasteiger partial charge in [0.2, 0.25) is 5.91 Å². The van der Waals surface area contributed by atoms with Crippen molar-refractivity contribution in [2.24, 2.45) is 11.8 Å². The molecule has 1 amide bonds. The minimum atomic E-state index is 0.234. The Bertz CT molecular complexity index is 758. The number of para-hydroxylation sites is 1. The van der Waals surface area contributed by atoms with Crippen LogP contribution in [0.15, 0.2) is 30.3 Å². The molecule has 0 radical (unpaired) electrons. The first-order chi connectivity index (χ1) is 12.1. The summed E-state index contributed by atoms with van der Waals surface area (Å²) in [5, 5.41) is 1.04. The molecule has 1 aromatic heterocycles. The summed E-state index contributed by atoms with van der Waals surface area (Å²) >= 11 is 1.64. The molecule has 1 aliphatic heterocycles. The predicted molar refractivity (Wildman–Crippen MR) is 98.9 cm³/mol. The molecule has 1 saturated carbocycles. The van der Waals surface area contributed by atoms with E-state index in [4.69, 9.17) is 4.74 Å². The molecule has 2 aromatic rings. The fourth-order valence-electron chi connectivity index (χ4n) is 4.23. The monoisotopic (exact) mass is 356 g/mol. The molecule has 2 aliphatic rings. The summed E-state index contributed by atoms with van der Waals surface area (Å²) in [6, 6.07) is 10.0. The highest BCUT2D eigenvalue weighted by Gasteiger charge is 2.45. The van der Waals surface area contributed by atoms with Crippen molar-refractivity contribution in [3.63, 3.8) is 0 Å². The van der Waals surface area contributed by atoms with Gasteiger partial charge < -0.3 is 9.64 Å². The molecule has 4 nitrogen and oxygen atoms in total. The quantitative estimate of drug-likeness (QED) is 0.840. The summed E-state index contributed by atoms with van der Waals surface area (Å²) in [4.78, 5) is 20.3. The summed E-state index contributed by atoms with van der Waals surface area (Å²) in [7, 11) is 0. The average molecular weight is 356 g/mol. The fraction of sp³-hybridized carbons (Fsp3) is 0.500. The maximum absolute atomic E-state index is 12.7. The van der Waals surface area contributed by atoms with E-state index in [1.807, 2.05) is 49.1 Å². The van der Waals surface area contributed by atoms with Gasteiger partial charge in [0, 0.05) is 23.9 Å². The molecule has 2 heterocycles. The number of nitrogens with zero attached hydrogens (tertiary/aromatic N) is 2. The van der Waals surface area contributed by atoms with Crippen molar-refractivity contribution in [3.05, 3.63) is 45.9 Å². The zero-order chi connectivity index (χ0) is 17.4. The minimum absolute atomic E-state index is 0.234. The van der Waals surface area contributed by atoms with Crippen LogP contribution in [0, 0.1) is 25.7 Å². The van der Waals surface area contributed by atoms with Crippen molar-refractivity contribution in [1.82, 2.24) is 9.88 Å². The van der Waals surface area contributed by atoms with Gasteiger partial charge in [-0.1, -0.05) is 18.2 Å². The van der Waals surface area contributed by atoms with Crippen molar-refractivity contribution >= 4 is 17.2 Å². The highest BCUT2D eigenvalue weighted by Crippen LogP contribution is 2.40. The Labute approximate surface area is 152 Å². The number of hydrogen-bond donors (Lipinski definition) is 0. The van der Waals surface area contributed by atoms with Gasteiger partial charge in [-0.15, -0.1) is 11.3 Å². The lowest BCUT2D eigenvalue weighted by Crippen LogP contribution is -2.33. The number of likely N-dealkylation sites (tertiary alicyclic amines) is 1. The second-order valence-corrected chi connectivity index (χ2v) is 8.48. The van der Waals surface area contributed by atoms with Gasteiger partial charge in [-0.05, 0) is 44.7 Å². The van der Waals surface area contributed by atoms with Crippen LogP contribution < -0.4 is 4.74 Å². The predicted octanol–water partition coefficient (Wildman–Crippen LogP) is 3.62. The van der Waals surface area contributed by atoms with Gasteiger partial charge in [0.15, 0.2) is 0 Å². The molecule has 25 heavy (non-hydrogen) atoms. The number of ether oxygens (including phenoxy) is 1. The van der Waals surface area contributed by atoms with Gasteiger partial charge in [-0.2, -0.15) is 0 Å². The summed E-state index contributed by atoms with van der Waals surface area (Å²) < 4.78 is 6.21. The van der Waals surface area contributed by atoms with Gasteiger partial charge in [0.05, 0.1) is 17.1 Å². The molecule has 132 valence electrons. The molecule has 0 unspecified atom stereocenters. The minimum Gasteiger partial charge on any atom is -0.490 e. The molecule has 2 fully saturated rings. The topological polar surface area (TPSA) is 42.4 Å². The smallest absolute Gasteiger partial charge is 0.227 e. The lowest BCUT2D eigenvalue weighted by atomic mass is 9.99. The first-order valence-corrected chi connectivity index (χ1v) is 9.84. The van der Waals surface area contributed by atoms with Crippen molar-refractivity contribution in [1.29, 1.82) is 0 Å². The number of fused-ring (bicyclic) bond motifs is 1. The van der Waals surface area contributed by atoms with E-state index < -0.39 is 0 Å². The van der Waals surface area contributed by atoms with Gasteiger partial charge in [0.1, 0.15) is 11.9 Å². The van der Waals surface area contributed by atoms with E-state index in [1.165, 1.54) is 0 Å². The van der Waals surface area contributed by atoms with Crippen LogP contribution in [0.2, 0.25) is 0 Å². The Morgan fingerprint density at radius 3 is 2.76 bits per heavy atom. The third kappa shape index (κ3) is 3.43. The Hall–Kier alpha value is -1.88. The number of rotatable bonds is 4. The summed E-state index contributed by atoms with van der Waals surface area (Å²) in [6.07, 6.45) is 2.97. The number of amides is 1. The molecular weight excluding hydrogens is 332 g/mol. The maximum atomic E-state index is 12.7. The molecule has 0 N–H and O–H groups in total. The third-order valence-corrected chi connectivity index (χ3v) is 6.56. The van der Waals surface area contributed by atoms with E-state index in [9.17, 15) is 4.79 Å². The van der Waals surface area contributed by atoms with Gasteiger partial charge in [-0.3, -0.25) is 4.79 Å². The normalized spacial score (nSPS) is 25.2. The van der Waals surface area contributed by atoms with Crippen LogP contribution in [0.1, 0.15) is 28.4 Å². The molecule has 0 spiro atoms. The molecule has 1 aromatic carbocycles. The van der Waals surface area contributed by atoms with Crippen LogP contribution in [-0.2, 0) is 11.2 Å². The van der Waals surface area contributed by atoms with Gasteiger partial charge >= 0.3 is 0 Å². The summed E-state index contributed by atoms with van der Waals surface area (Å²) in [5.41, 5.74) is 1.00. The van der Waals surface area contributed by atoms with E-state index in [0.29, 0.717) is 18.3 Å². The average Bonchev–Trinajstić information content (AvgIpc) is 3.25. The standard InChI is InChI=1S/C20H24N2O2S/c1-13-19(25-14(2)21-13)10-20(23)22-11-15-8-9-18(17(15)12-22)24-16-6-4-3-5-7-16/h3-7,15,17-18H,8-12H2,1-2H3/t15-,17+,18-/m0/s1. The number of carbonyl (C=O) groups is 1. The lowest BCUT2D eigenvalue weighted by Gasteiger charge is -2.22. The van der Waals surface area contributed by atoms with Crippen LogP contribution in [0.3, 0.4) is 0 Å². The number of aryl methyl sites for hydroxylation is 2. The Balaban J connectivity index is 1.39.